The summed E-state index contributed by atoms with van der Waals surface area (Å²) in [5.74, 6) is 0. The molecule has 0 heterocycles. The lowest BCUT2D eigenvalue weighted by Crippen LogP contribution is -1.89. The van der Waals surface area contributed by atoms with Crippen LogP contribution < -0.4 is 6.15 Å². The first-order valence-electron chi connectivity index (χ1n) is 0.698. The lowest BCUT2D eigenvalue weighted by Gasteiger charge is -1.68. The standard InChI is InChI=1S/HI.H3N.H2O4S/c;;1-5(2,3)4/h1H;1H3;(H2,1,2,3,4). The van der Waals surface area contributed by atoms with E-state index in [0.29, 0.717) is 0 Å². The fourth-order valence-electron chi connectivity index (χ4n) is 0. The Morgan fingerprint density at radius 3 is 1.14 bits per heavy atom. The van der Waals surface area contributed by atoms with Crippen molar-refractivity contribution in [2.75, 3.05) is 0 Å². The van der Waals surface area contributed by atoms with Gasteiger partial charge in [-0.2, -0.15) is 8.42 Å². The molecule has 0 spiro atoms. The molecular weight excluding hydrogens is 237 g/mol. The predicted molar refractivity (Wildman–Crippen MR) is 34.6 cm³/mol. The van der Waals surface area contributed by atoms with Crippen LogP contribution in [0.3, 0.4) is 0 Å². The summed E-state index contributed by atoms with van der Waals surface area (Å²) in [5.41, 5.74) is 0. The second-order valence-electron chi connectivity index (χ2n) is 0.448. The van der Waals surface area contributed by atoms with E-state index in [1.807, 2.05) is 0 Å². The van der Waals surface area contributed by atoms with E-state index in [4.69, 9.17) is 17.5 Å². The summed E-state index contributed by atoms with van der Waals surface area (Å²) in [6.45, 7) is 0. The van der Waals surface area contributed by atoms with Crippen molar-refractivity contribution < 1.29 is 17.5 Å². The van der Waals surface area contributed by atoms with Crippen LogP contribution in [0.15, 0.2) is 0 Å². The maximum absolute atomic E-state index is 8.74. The van der Waals surface area contributed by atoms with Crippen LogP contribution in [-0.2, 0) is 10.4 Å². The number of rotatable bonds is 0. The fraction of sp³-hybridized carbons (Fsp3) is 0. The van der Waals surface area contributed by atoms with Gasteiger partial charge >= 0.3 is 10.4 Å². The average molecular weight is 243 g/mol. The van der Waals surface area contributed by atoms with Gasteiger partial charge in [-0.15, -0.1) is 24.0 Å². The van der Waals surface area contributed by atoms with Crippen molar-refractivity contribution in [1.82, 2.24) is 6.15 Å². The van der Waals surface area contributed by atoms with Gasteiger partial charge in [-0.3, -0.25) is 9.11 Å². The van der Waals surface area contributed by atoms with E-state index in [0.717, 1.165) is 0 Å². The van der Waals surface area contributed by atoms with Crippen molar-refractivity contribution in [2.45, 2.75) is 0 Å². The molecule has 0 rings (SSSR count). The molecule has 5 nitrogen and oxygen atoms in total. The van der Waals surface area contributed by atoms with E-state index >= 15 is 0 Å². The summed E-state index contributed by atoms with van der Waals surface area (Å²) < 4.78 is 31.6. The second-order valence-corrected chi connectivity index (χ2v) is 1.34. The summed E-state index contributed by atoms with van der Waals surface area (Å²) in [5, 5.41) is 0. The SMILES string of the molecule is I.N.O=S(=O)(O)O. The minimum atomic E-state index is -4.67. The zero-order chi connectivity index (χ0) is 4.50. The molecule has 48 valence electrons. The fourth-order valence-corrected chi connectivity index (χ4v) is 0. The molecule has 0 aromatic carbocycles. The highest BCUT2D eigenvalue weighted by molar-refractivity contribution is 14.0. The van der Waals surface area contributed by atoms with Gasteiger partial charge in [-0.05, 0) is 0 Å². The Kier molecular flexibility index (Phi) is 10.5. The molecule has 7 heteroatoms. The molecule has 0 radical (unpaired) electrons. The monoisotopic (exact) mass is 243 g/mol. The van der Waals surface area contributed by atoms with E-state index in [-0.39, 0.29) is 30.1 Å². The maximum atomic E-state index is 8.74. The van der Waals surface area contributed by atoms with Crippen LogP contribution in [0.1, 0.15) is 0 Å². The van der Waals surface area contributed by atoms with E-state index < -0.39 is 10.4 Å². The minimum Gasteiger partial charge on any atom is -0.344 e. The normalized spacial score (nSPS) is 8.29. The van der Waals surface area contributed by atoms with Gasteiger partial charge in [0.1, 0.15) is 0 Å². The average Bonchev–Trinajstić information content (AvgIpc) is 0.722. The molecule has 0 atom stereocenters. The molecule has 0 aliphatic carbocycles. The molecule has 7 heavy (non-hydrogen) atoms. The lowest BCUT2D eigenvalue weighted by molar-refractivity contribution is 0.381. The predicted octanol–water partition coefficient (Wildman–Crippen LogP) is 0.127. The van der Waals surface area contributed by atoms with Crippen LogP contribution in [0.25, 0.3) is 0 Å². The van der Waals surface area contributed by atoms with E-state index in [9.17, 15) is 0 Å². The van der Waals surface area contributed by atoms with Crippen molar-refractivity contribution in [3.63, 3.8) is 0 Å². The molecule has 0 aromatic rings. The highest BCUT2D eigenvalue weighted by Gasteiger charge is 1.84. The van der Waals surface area contributed by atoms with Gasteiger partial charge in [0.15, 0.2) is 0 Å². The van der Waals surface area contributed by atoms with Gasteiger partial charge < -0.3 is 6.15 Å². The van der Waals surface area contributed by atoms with Gasteiger partial charge in [0.25, 0.3) is 0 Å². The summed E-state index contributed by atoms with van der Waals surface area (Å²) in [6.07, 6.45) is 0. The van der Waals surface area contributed by atoms with E-state index in [1.165, 1.54) is 0 Å². The first kappa shape index (κ1) is 15.6. The molecule has 5 N–H and O–H groups in total. The van der Waals surface area contributed by atoms with Crippen LogP contribution in [0.2, 0.25) is 0 Å². The van der Waals surface area contributed by atoms with Gasteiger partial charge in [-0.25, -0.2) is 0 Å². The third-order valence-electron chi connectivity index (χ3n) is 0. The lowest BCUT2D eigenvalue weighted by atomic mass is 14.0. The smallest absolute Gasteiger partial charge is 0.344 e. The minimum absolute atomic E-state index is 0. The summed E-state index contributed by atoms with van der Waals surface area (Å²) >= 11 is 0. The van der Waals surface area contributed by atoms with Crippen molar-refractivity contribution >= 4 is 34.4 Å². The van der Waals surface area contributed by atoms with Crippen molar-refractivity contribution in [3.8, 4) is 0 Å². The van der Waals surface area contributed by atoms with Crippen molar-refractivity contribution in [3.05, 3.63) is 0 Å². The highest BCUT2D eigenvalue weighted by atomic mass is 127. The zero-order valence-corrected chi connectivity index (χ0v) is 6.38. The summed E-state index contributed by atoms with van der Waals surface area (Å²) in [4.78, 5) is 0. The van der Waals surface area contributed by atoms with Crippen LogP contribution in [0.4, 0.5) is 0 Å². The number of halogens is 1. The third-order valence-corrected chi connectivity index (χ3v) is 0. The molecule has 0 saturated heterocycles. The molecule has 0 aliphatic heterocycles. The van der Waals surface area contributed by atoms with E-state index in [1.54, 1.807) is 0 Å². The van der Waals surface area contributed by atoms with Gasteiger partial charge in [0.05, 0.1) is 0 Å². The van der Waals surface area contributed by atoms with Gasteiger partial charge in [0.2, 0.25) is 0 Å². The Labute approximate surface area is 58.3 Å². The molecule has 0 unspecified atom stereocenters. The molecule has 0 aliphatic rings. The second kappa shape index (κ2) is 4.71. The maximum Gasteiger partial charge on any atom is 0.394 e. The summed E-state index contributed by atoms with van der Waals surface area (Å²) in [7, 11) is -4.67. The van der Waals surface area contributed by atoms with Crippen LogP contribution in [-0.4, -0.2) is 17.5 Å². The highest BCUT2D eigenvalue weighted by Crippen LogP contribution is 1.59. The Morgan fingerprint density at radius 2 is 1.14 bits per heavy atom. The Balaban J connectivity index is -0.0000000800. The Hall–Kier alpha value is 0.560. The third kappa shape index (κ3) is 435. The Morgan fingerprint density at radius 1 is 1.14 bits per heavy atom. The summed E-state index contributed by atoms with van der Waals surface area (Å²) in [6, 6.07) is 0. The first-order chi connectivity index (χ1) is 2.00. The largest absolute Gasteiger partial charge is 0.394 e. The van der Waals surface area contributed by atoms with Gasteiger partial charge in [0, 0.05) is 0 Å². The van der Waals surface area contributed by atoms with Crippen molar-refractivity contribution in [1.29, 1.82) is 0 Å². The molecule has 0 saturated carbocycles. The van der Waals surface area contributed by atoms with Crippen LogP contribution in [0.5, 0.6) is 0 Å². The number of hydrogen-bond acceptors (Lipinski definition) is 3. The number of hydrogen-bond donors (Lipinski definition) is 3. The van der Waals surface area contributed by atoms with Gasteiger partial charge in [-0.1, -0.05) is 0 Å². The zero-order valence-electron chi connectivity index (χ0n) is 3.23. The van der Waals surface area contributed by atoms with E-state index in [2.05, 4.69) is 0 Å². The molecular formula is H6INO4S. The Bertz CT molecular complexity index is 94.9. The van der Waals surface area contributed by atoms with Crippen molar-refractivity contribution in [2.24, 2.45) is 0 Å². The first-order valence-corrected chi connectivity index (χ1v) is 2.10. The molecule has 0 amide bonds. The quantitative estimate of drug-likeness (QED) is 0.413. The molecule has 0 fully saturated rings. The molecule has 0 aromatic heterocycles. The van der Waals surface area contributed by atoms with Crippen LogP contribution in [0, 0.1) is 0 Å². The topological polar surface area (TPSA) is 110 Å². The molecule has 0 bridgehead atoms. The van der Waals surface area contributed by atoms with Crippen LogP contribution >= 0.6 is 24.0 Å².